The summed E-state index contributed by atoms with van der Waals surface area (Å²) in [6, 6.07) is 9.41. The first-order valence-corrected chi connectivity index (χ1v) is 9.71. The Morgan fingerprint density at radius 1 is 1.18 bits per heavy atom. The Kier molecular flexibility index (Phi) is 5.98. The molecule has 0 bridgehead atoms. The smallest absolute Gasteiger partial charge is 0.274 e. The van der Waals surface area contributed by atoms with Gasteiger partial charge in [-0.3, -0.25) is 4.79 Å². The number of hydrogen-bond donors (Lipinski definition) is 2. The van der Waals surface area contributed by atoms with Crippen molar-refractivity contribution in [1.29, 1.82) is 0 Å². The summed E-state index contributed by atoms with van der Waals surface area (Å²) in [7, 11) is 0. The van der Waals surface area contributed by atoms with E-state index in [-0.39, 0.29) is 12.0 Å². The minimum absolute atomic E-state index is 0.182. The second-order valence-corrected chi connectivity index (χ2v) is 6.85. The highest BCUT2D eigenvalue weighted by molar-refractivity contribution is 6.04. The molecule has 0 radical (unpaired) electrons. The first-order chi connectivity index (χ1) is 13.8. The molecule has 1 aromatic heterocycles. The molecule has 2 aromatic rings. The number of nitrogens with zero attached hydrogens (tertiary/aromatic N) is 3. The summed E-state index contributed by atoms with van der Waals surface area (Å²) in [4.78, 5) is 23.5. The summed E-state index contributed by atoms with van der Waals surface area (Å²) in [6.45, 7) is 4.43. The van der Waals surface area contributed by atoms with Gasteiger partial charge in [-0.2, -0.15) is 0 Å². The molecule has 1 aromatic carbocycles. The molecule has 1 unspecified atom stereocenters. The maximum Gasteiger partial charge on any atom is 0.274 e. The topological polar surface area (TPSA) is 88.6 Å². The Labute approximate surface area is 164 Å². The van der Waals surface area contributed by atoms with Crippen LogP contribution in [-0.4, -0.2) is 61.4 Å². The van der Waals surface area contributed by atoms with E-state index < -0.39 is 0 Å². The molecule has 0 aliphatic carbocycles. The van der Waals surface area contributed by atoms with E-state index in [9.17, 15) is 4.79 Å². The predicted molar refractivity (Wildman–Crippen MR) is 107 cm³/mol. The van der Waals surface area contributed by atoms with Crippen LogP contribution in [-0.2, 0) is 9.47 Å². The van der Waals surface area contributed by atoms with Gasteiger partial charge in [0.05, 0.1) is 30.7 Å². The molecule has 0 saturated carbocycles. The molecule has 0 spiro atoms. The molecule has 2 saturated heterocycles. The van der Waals surface area contributed by atoms with Gasteiger partial charge in [-0.1, -0.05) is 12.1 Å². The Morgan fingerprint density at radius 3 is 2.86 bits per heavy atom. The molecule has 8 nitrogen and oxygen atoms in total. The second-order valence-electron chi connectivity index (χ2n) is 6.85. The Bertz CT molecular complexity index is 804. The third-order valence-electron chi connectivity index (χ3n) is 4.90. The van der Waals surface area contributed by atoms with E-state index in [1.807, 2.05) is 24.3 Å². The molecule has 28 heavy (non-hydrogen) atoms. The van der Waals surface area contributed by atoms with E-state index >= 15 is 0 Å². The van der Waals surface area contributed by atoms with E-state index in [0.29, 0.717) is 31.4 Å². The van der Waals surface area contributed by atoms with Gasteiger partial charge in [0.2, 0.25) is 5.95 Å². The first-order valence-electron chi connectivity index (χ1n) is 9.71. The fourth-order valence-electron chi connectivity index (χ4n) is 3.43. The summed E-state index contributed by atoms with van der Waals surface area (Å²) in [5, 5.41) is 6.14. The van der Waals surface area contributed by atoms with Crippen LogP contribution in [0.1, 0.15) is 23.3 Å². The monoisotopic (exact) mass is 383 g/mol. The molecule has 148 valence electrons. The fourth-order valence-corrected chi connectivity index (χ4v) is 3.43. The SMILES string of the molecule is O=C(Nc1ccccc1N1CCOCC1)c1ccnc(NCC2CCCO2)n1. The average molecular weight is 383 g/mol. The van der Waals surface area contributed by atoms with Crippen molar-refractivity contribution < 1.29 is 14.3 Å². The number of carbonyl (C=O) groups excluding carboxylic acids is 1. The maximum atomic E-state index is 12.8. The molecule has 2 aliphatic heterocycles. The third-order valence-corrected chi connectivity index (χ3v) is 4.90. The van der Waals surface area contributed by atoms with Crippen LogP contribution in [0.25, 0.3) is 0 Å². The first kappa shape index (κ1) is 18.6. The molecule has 2 fully saturated rings. The van der Waals surface area contributed by atoms with Crippen molar-refractivity contribution in [2.24, 2.45) is 0 Å². The third kappa shape index (κ3) is 4.58. The van der Waals surface area contributed by atoms with Crippen molar-refractivity contribution in [3.05, 3.63) is 42.2 Å². The molecule has 1 atom stereocenters. The normalized spacial score (nSPS) is 19.4. The van der Waals surface area contributed by atoms with E-state index in [2.05, 4.69) is 25.5 Å². The number of hydrogen-bond acceptors (Lipinski definition) is 7. The minimum Gasteiger partial charge on any atom is -0.378 e. The van der Waals surface area contributed by atoms with Crippen molar-refractivity contribution >= 4 is 23.2 Å². The summed E-state index contributed by atoms with van der Waals surface area (Å²) >= 11 is 0. The zero-order chi connectivity index (χ0) is 19.2. The molecular formula is C20H25N5O3. The Hall–Kier alpha value is -2.71. The molecule has 2 aliphatic rings. The van der Waals surface area contributed by atoms with Crippen molar-refractivity contribution in [2.45, 2.75) is 18.9 Å². The lowest BCUT2D eigenvalue weighted by atomic mass is 10.2. The van der Waals surface area contributed by atoms with Crippen molar-refractivity contribution in [3.8, 4) is 0 Å². The molecule has 8 heteroatoms. The lowest BCUT2D eigenvalue weighted by Gasteiger charge is -2.30. The van der Waals surface area contributed by atoms with E-state index in [4.69, 9.17) is 9.47 Å². The molecule has 1 amide bonds. The van der Waals surface area contributed by atoms with Gasteiger partial charge in [0.1, 0.15) is 5.69 Å². The number of benzene rings is 1. The number of anilines is 3. The van der Waals surface area contributed by atoms with Gasteiger partial charge in [-0.05, 0) is 31.0 Å². The van der Waals surface area contributed by atoms with Crippen LogP contribution in [0.15, 0.2) is 36.5 Å². The van der Waals surface area contributed by atoms with Crippen molar-refractivity contribution in [1.82, 2.24) is 9.97 Å². The summed E-state index contributed by atoms with van der Waals surface area (Å²) < 4.78 is 11.0. The van der Waals surface area contributed by atoms with Crippen LogP contribution < -0.4 is 15.5 Å². The van der Waals surface area contributed by atoms with Gasteiger partial charge in [0.15, 0.2) is 0 Å². The number of para-hydroxylation sites is 2. The highest BCUT2D eigenvalue weighted by atomic mass is 16.5. The zero-order valence-corrected chi connectivity index (χ0v) is 15.8. The van der Waals surface area contributed by atoms with Gasteiger partial charge < -0.3 is 25.0 Å². The average Bonchev–Trinajstić information content (AvgIpc) is 3.27. The van der Waals surface area contributed by atoms with Crippen molar-refractivity contribution in [3.63, 3.8) is 0 Å². The second kappa shape index (κ2) is 8.99. The van der Waals surface area contributed by atoms with Gasteiger partial charge in [0.25, 0.3) is 5.91 Å². The van der Waals surface area contributed by atoms with Gasteiger partial charge in [-0.25, -0.2) is 9.97 Å². The quantitative estimate of drug-likeness (QED) is 0.790. The van der Waals surface area contributed by atoms with Gasteiger partial charge in [-0.15, -0.1) is 0 Å². The lowest BCUT2D eigenvalue weighted by molar-refractivity contribution is 0.102. The number of ether oxygens (including phenoxy) is 2. The predicted octanol–water partition coefficient (Wildman–Crippen LogP) is 2.16. The van der Waals surface area contributed by atoms with E-state index in [0.717, 1.165) is 43.9 Å². The van der Waals surface area contributed by atoms with Crippen LogP contribution in [0.5, 0.6) is 0 Å². The van der Waals surface area contributed by atoms with Crippen LogP contribution in [0, 0.1) is 0 Å². The molecule has 3 heterocycles. The highest BCUT2D eigenvalue weighted by Crippen LogP contribution is 2.26. The zero-order valence-electron chi connectivity index (χ0n) is 15.8. The van der Waals surface area contributed by atoms with Crippen molar-refractivity contribution in [2.75, 3.05) is 55.0 Å². The Balaban J connectivity index is 1.43. The van der Waals surface area contributed by atoms with Crippen LogP contribution in [0.2, 0.25) is 0 Å². The number of amides is 1. The van der Waals surface area contributed by atoms with Gasteiger partial charge in [0, 0.05) is 32.4 Å². The summed E-state index contributed by atoms with van der Waals surface area (Å²) in [6.07, 6.45) is 3.89. The number of rotatable bonds is 6. The standard InChI is InChI=1S/C20H25N5O3/c26-19(17-7-8-21-20(24-17)22-14-15-4-3-11-28-15)23-16-5-1-2-6-18(16)25-9-12-27-13-10-25/h1-2,5-8,15H,3-4,9-14H2,(H,23,26)(H,21,22,24). The molecule has 4 rings (SSSR count). The van der Waals surface area contributed by atoms with Crippen LogP contribution in [0.3, 0.4) is 0 Å². The lowest BCUT2D eigenvalue weighted by Crippen LogP contribution is -2.36. The summed E-state index contributed by atoms with van der Waals surface area (Å²) in [5.41, 5.74) is 2.08. The molecule has 2 N–H and O–H groups in total. The van der Waals surface area contributed by atoms with Gasteiger partial charge >= 0.3 is 0 Å². The van der Waals surface area contributed by atoms with E-state index in [1.165, 1.54) is 0 Å². The summed E-state index contributed by atoms with van der Waals surface area (Å²) in [5.74, 6) is 0.174. The van der Waals surface area contributed by atoms with E-state index in [1.54, 1.807) is 12.3 Å². The minimum atomic E-state index is -0.261. The number of nitrogens with one attached hydrogen (secondary N) is 2. The highest BCUT2D eigenvalue weighted by Gasteiger charge is 2.18. The number of aromatic nitrogens is 2. The fraction of sp³-hybridized carbons (Fsp3) is 0.450. The molecular weight excluding hydrogens is 358 g/mol. The Morgan fingerprint density at radius 2 is 2.04 bits per heavy atom. The maximum absolute atomic E-state index is 12.8. The van der Waals surface area contributed by atoms with Crippen LogP contribution in [0.4, 0.5) is 17.3 Å². The largest absolute Gasteiger partial charge is 0.378 e. The van der Waals surface area contributed by atoms with Crippen LogP contribution >= 0.6 is 0 Å². The number of morpholine rings is 1. The number of carbonyl (C=O) groups is 1.